The van der Waals surface area contributed by atoms with Gasteiger partial charge in [-0.15, -0.1) is 0 Å². The molecule has 1 aliphatic rings. The molecule has 0 saturated heterocycles. The molecule has 2 unspecified atom stereocenters. The smallest absolute Gasteiger partial charge is 0.416 e. The third-order valence-corrected chi connectivity index (χ3v) is 4.21. The van der Waals surface area contributed by atoms with Gasteiger partial charge in [-0.2, -0.15) is 13.2 Å². The van der Waals surface area contributed by atoms with Gasteiger partial charge in [-0.1, -0.05) is 19.1 Å². The Hall–Kier alpha value is -2.05. The number of rotatable bonds is 6. The number of halogens is 3. The second kappa shape index (κ2) is 6.83. The van der Waals surface area contributed by atoms with E-state index in [4.69, 9.17) is 5.11 Å². The minimum absolute atomic E-state index is 0.0429. The molecule has 0 aliphatic heterocycles. The Balaban J connectivity index is 2.06. The molecule has 2 atom stereocenters. The molecule has 1 aromatic rings. The number of aliphatic carboxylic acids is 1. The molecule has 1 N–H and O–H groups in total. The summed E-state index contributed by atoms with van der Waals surface area (Å²) in [5.74, 6) is -1.83. The molecule has 1 saturated carbocycles. The van der Waals surface area contributed by atoms with Gasteiger partial charge in [0.2, 0.25) is 5.91 Å². The highest BCUT2D eigenvalue weighted by atomic mass is 19.4. The largest absolute Gasteiger partial charge is 0.480 e. The third-order valence-electron chi connectivity index (χ3n) is 4.21. The molecule has 4 nitrogen and oxygen atoms in total. The number of carbonyl (C=O) groups is 2. The predicted octanol–water partition coefficient (Wildman–Crippen LogP) is 3.35. The molecular formula is C17H20F3NO3. The van der Waals surface area contributed by atoms with Crippen molar-refractivity contribution < 1.29 is 27.9 Å². The number of hydrogen-bond acceptors (Lipinski definition) is 2. The second-order valence-corrected chi connectivity index (χ2v) is 6.29. The highest BCUT2D eigenvalue weighted by Gasteiger charge is 2.39. The van der Waals surface area contributed by atoms with Gasteiger partial charge in [-0.05, 0) is 43.9 Å². The van der Waals surface area contributed by atoms with Crippen molar-refractivity contribution in [2.75, 3.05) is 0 Å². The lowest BCUT2D eigenvalue weighted by atomic mass is 9.98. The normalized spacial score (nSPS) is 17.2. The molecule has 7 heteroatoms. The van der Waals surface area contributed by atoms with E-state index >= 15 is 0 Å². The summed E-state index contributed by atoms with van der Waals surface area (Å²) in [5.41, 5.74) is -0.119. The van der Waals surface area contributed by atoms with Crippen LogP contribution in [0.25, 0.3) is 0 Å². The molecule has 0 radical (unpaired) electrons. The van der Waals surface area contributed by atoms with E-state index in [1.54, 1.807) is 6.92 Å². The van der Waals surface area contributed by atoms with Crippen LogP contribution in [0, 0.1) is 5.92 Å². The SMILES string of the molecule is CC(Cc1ccc(C(F)(F)F)cc1)C(=O)N(C1CC1)C(C)C(=O)O. The van der Waals surface area contributed by atoms with Gasteiger partial charge >= 0.3 is 12.1 Å². The molecule has 1 aliphatic carbocycles. The third kappa shape index (κ3) is 4.27. The van der Waals surface area contributed by atoms with E-state index < -0.39 is 29.7 Å². The van der Waals surface area contributed by atoms with Crippen LogP contribution in [-0.4, -0.2) is 34.0 Å². The maximum atomic E-state index is 12.6. The molecule has 2 rings (SSSR count). The van der Waals surface area contributed by atoms with E-state index in [1.807, 2.05) is 0 Å². The molecule has 1 aromatic carbocycles. The van der Waals surface area contributed by atoms with Gasteiger partial charge in [0, 0.05) is 12.0 Å². The van der Waals surface area contributed by atoms with Crippen LogP contribution in [0.15, 0.2) is 24.3 Å². The molecule has 1 amide bonds. The van der Waals surface area contributed by atoms with Crippen molar-refractivity contribution in [2.45, 2.75) is 51.4 Å². The van der Waals surface area contributed by atoms with Gasteiger partial charge < -0.3 is 10.0 Å². The highest BCUT2D eigenvalue weighted by Crippen LogP contribution is 2.31. The first-order chi connectivity index (χ1) is 11.1. The lowest BCUT2D eigenvalue weighted by Gasteiger charge is -2.29. The quantitative estimate of drug-likeness (QED) is 0.862. The molecule has 24 heavy (non-hydrogen) atoms. The second-order valence-electron chi connectivity index (χ2n) is 6.29. The number of hydrogen-bond donors (Lipinski definition) is 1. The van der Waals surface area contributed by atoms with Crippen LogP contribution < -0.4 is 0 Å². The minimum atomic E-state index is -4.39. The molecular weight excluding hydrogens is 323 g/mol. The molecule has 0 spiro atoms. The van der Waals surface area contributed by atoms with E-state index in [0.717, 1.165) is 25.0 Å². The lowest BCUT2D eigenvalue weighted by molar-refractivity contribution is -0.151. The number of benzene rings is 1. The zero-order chi connectivity index (χ0) is 18.1. The van der Waals surface area contributed by atoms with Gasteiger partial charge in [0.15, 0.2) is 0 Å². The Morgan fingerprint density at radius 1 is 1.21 bits per heavy atom. The first-order valence-corrected chi connectivity index (χ1v) is 7.82. The van der Waals surface area contributed by atoms with E-state index in [1.165, 1.54) is 24.0 Å². The Morgan fingerprint density at radius 2 is 1.75 bits per heavy atom. The fraction of sp³-hybridized carbons (Fsp3) is 0.529. The summed E-state index contributed by atoms with van der Waals surface area (Å²) in [6.45, 7) is 3.15. The maximum absolute atomic E-state index is 12.6. The van der Waals surface area contributed by atoms with Crippen molar-refractivity contribution >= 4 is 11.9 Å². The first kappa shape index (κ1) is 18.3. The number of nitrogens with zero attached hydrogens (tertiary/aromatic N) is 1. The van der Waals surface area contributed by atoms with Crippen molar-refractivity contribution in [2.24, 2.45) is 5.92 Å². The number of carbonyl (C=O) groups excluding carboxylic acids is 1. The van der Waals surface area contributed by atoms with Crippen LogP contribution in [0.3, 0.4) is 0 Å². The fourth-order valence-corrected chi connectivity index (χ4v) is 2.68. The van der Waals surface area contributed by atoms with Crippen LogP contribution in [0.5, 0.6) is 0 Å². The summed E-state index contributed by atoms with van der Waals surface area (Å²) in [6, 6.07) is 3.75. The summed E-state index contributed by atoms with van der Waals surface area (Å²) in [4.78, 5) is 25.2. The van der Waals surface area contributed by atoms with Crippen LogP contribution in [-0.2, 0) is 22.2 Å². The zero-order valence-electron chi connectivity index (χ0n) is 13.5. The number of carboxylic acid groups (broad SMARTS) is 1. The monoisotopic (exact) mass is 343 g/mol. The highest BCUT2D eigenvalue weighted by molar-refractivity contribution is 5.85. The Bertz CT molecular complexity index is 609. The molecule has 0 heterocycles. The zero-order valence-corrected chi connectivity index (χ0v) is 13.5. The van der Waals surface area contributed by atoms with Gasteiger partial charge in [0.25, 0.3) is 0 Å². The molecule has 132 valence electrons. The predicted molar refractivity (Wildman–Crippen MR) is 81.3 cm³/mol. The van der Waals surface area contributed by atoms with Gasteiger partial charge in [0.1, 0.15) is 6.04 Å². The Kier molecular flexibility index (Phi) is 5.20. The Morgan fingerprint density at radius 3 is 2.17 bits per heavy atom. The van der Waals surface area contributed by atoms with Crippen LogP contribution in [0.4, 0.5) is 13.2 Å². The summed E-state index contributed by atoms with van der Waals surface area (Å²) in [7, 11) is 0. The molecule has 1 fully saturated rings. The maximum Gasteiger partial charge on any atom is 0.416 e. The summed E-state index contributed by atoms with van der Waals surface area (Å²) in [5, 5.41) is 9.16. The van der Waals surface area contributed by atoms with Crippen LogP contribution >= 0.6 is 0 Å². The molecule has 0 aromatic heterocycles. The lowest BCUT2D eigenvalue weighted by Crippen LogP contribution is -2.47. The van der Waals surface area contributed by atoms with Crippen molar-refractivity contribution in [3.63, 3.8) is 0 Å². The van der Waals surface area contributed by atoms with Crippen LogP contribution in [0.1, 0.15) is 37.8 Å². The number of carboxylic acids is 1. The van der Waals surface area contributed by atoms with Gasteiger partial charge in [-0.25, -0.2) is 4.79 Å². The van der Waals surface area contributed by atoms with E-state index in [2.05, 4.69) is 0 Å². The van der Waals surface area contributed by atoms with Crippen molar-refractivity contribution in [1.29, 1.82) is 0 Å². The van der Waals surface area contributed by atoms with Crippen LogP contribution in [0.2, 0.25) is 0 Å². The number of alkyl halides is 3. The average molecular weight is 343 g/mol. The summed E-state index contributed by atoms with van der Waals surface area (Å²) >= 11 is 0. The number of amides is 1. The van der Waals surface area contributed by atoms with Crippen molar-refractivity contribution in [3.05, 3.63) is 35.4 Å². The average Bonchev–Trinajstić information content (AvgIpc) is 3.31. The topological polar surface area (TPSA) is 57.6 Å². The summed E-state index contributed by atoms with van der Waals surface area (Å²) in [6.07, 6.45) is -2.54. The fourth-order valence-electron chi connectivity index (χ4n) is 2.68. The van der Waals surface area contributed by atoms with Gasteiger partial charge in [0.05, 0.1) is 5.56 Å². The van der Waals surface area contributed by atoms with E-state index in [-0.39, 0.29) is 18.4 Å². The van der Waals surface area contributed by atoms with E-state index in [9.17, 15) is 22.8 Å². The Labute approximate surface area is 138 Å². The first-order valence-electron chi connectivity index (χ1n) is 7.82. The van der Waals surface area contributed by atoms with Gasteiger partial charge in [-0.3, -0.25) is 4.79 Å². The van der Waals surface area contributed by atoms with Crippen molar-refractivity contribution in [1.82, 2.24) is 4.90 Å². The minimum Gasteiger partial charge on any atom is -0.480 e. The summed E-state index contributed by atoms with van der Waals surface area (Å²) < 4.78 is 37.7. The van der Waals surface area contributed by atoms with E-state index in [0.29, 0.717) is 5.56 Å². The molecule has 0 bridgehead atoms. The standard InChI is InChI=1S/C17H20F3NO3/c1-10(9-12-3-5-13(6-4-12)17(18,19)20)15(22)21(14-7-8-14)11(2)16(23)24/h3-6,10-11,14H,7-9H2,1-2H3,(H,23,24). The van der Waals surface area contributed by atoms with Crippen molar-refractivity contribution in [3.8, 4) is 0 Å².